The van der Waals surface area contributed by atoms with Gasteiger partial charge in [0, 0.05) is 23.5 Å². The van der Waals surface area contributed by atoms with E-state index in [9.17, 15) is 8.78 Å². The Kier molecular flexibility index (Phi) is 5.54. The molecule has 2 aromatic rings. The molecule has 1 fully saturated rings. The van der Waals surface area contributed by atoms with Crippen molar-refractivity contribution >= 4 is 27.6 Å². The molecule has 4 rings (SSSR count). The third kappa shape index (κ3) is 3.82. The first-order chi connectivity index (χ1) is 14.6. The lowest BCUT2D eigenvalue weighted by molar-refractivity contribution is 0.413. The van der Waals surface area contributed by atoms with Crippen molar-refractivity contribution in [3.05, 3.63) is 69.1 Å². The number of nitrogens with two attached hydrogens (primary N) is 3. The van der Waals surface area contributed by atoms with E-state index in [-0.39, 0.29) is 28.5 Å². The first-order valence-electron chi connectivity index (χ1n) is 10.3. The van der Waals surface area contributed by atoms with E-state index in [1.165, 1.54) is 18.2 Å². The maximum atomic E-state index is 14.3. The van der Waals surface area contributed by atoms with Crippen molar-refractivity contribution < 1.29 is 8.78 Å². The van der Waals surface area contributed by atoms with E-state index >= 15 is 0 Å². The fourth-order valence-corrected chi connectivity index (χ4v) is 5.50. The highest BCUT2D eigenvalue weighted by atomic mass is 79.9. The SMILES string of the molecule is CC1C2CC(c3nc(N)ncc3Br)/C(N)=C(/C=C(\N)c3c(F)cccc3F)CCC12C. The van der Waals surface area contributed by atoms with Crippen LogP contribution in [0.3, 0.4) is 0 Å². The third-order valence-corrected chi connectivity index (χ3v) is 7.86. The van der Waals surface area contributed by atoms with Crippen molar-refractivity contribution in [1.29, 1.82) is 0 Å². The standard InChI is InChI=1S/C23H26BrF2N5/c1-11-14-9-13(21-15(24)10-30-22(29)31-21)20(28)12(6-7-23(11,14)2)8-18(27)19-16(25)4-3-5-17(19)26/h3-5,8,10-11,13-14H,6-7,9,27-28H2,1-2H3,(H2,29,30,31)/b18-8-,20-12-. The minimum Gasteiger partial charge on any atom is -0.401 e. The molecule has 4 unspecified atom stereocenters. The minimum atomic E-state index is -0.704. The van der Waals surface area contributed by atoms with E-state index < -0.39 is 11.6 Å². The van der Waals surface area contributed by atoms with Gasteiger partial charge in [0.2, 0.25) is 5.95 Å². The highest BCUT2D eigenvalue weighted by Crippen LogP contribution is 2.65. The molecule has 1 aromatic heterocycles. The van der Waals surface area contributed by atoms with Crippen molar-refractivity contribution in [1.82, 2.24) is 9.97 Å². The smallest absolute Gasteiger partial charge is 0.220 e. The van der Waals surface area contributed by atoms with Crippen LogP contribution >= 0.6 is 15.9 Å². The van der Waals surface area contributed by atoms with Crippen molar-refractivity contribution in [3.63, 3.8) is 0 Å². The predicted octanol–water partition coefficient (Wildman–Crippen LogP) is 4.85. The number of aromatic nitrogens is 2. The number of hydrogen-bond acceptors (Lipinski definition) is 5. The normalized spacial score (nSPS) is 31.0. The number of allylic oxidation sites excluding steroid dienone is 3. The van der Waals surface area contributed by atoms with Gasteiger partial charge in [0.05, 0.1) is 15.7 Å². The van der Waals surface area contributed by atoms with Crippen LogP contribution in [0.1, 0.15) is 50.3 Å². The van der Waals surface area contributed by atoms with Gasteiger partial charge in [-0.3, -0.25) is 0 Å². The van der Waals surface area contributed by atoms with Gasteiger partial charge in [-0.05, 0) is 76.2 Å². The number of nitrogens with zero attached hydrogens (tertiary/aromatic N) is 2. The molecule has 0 bridgehead atoms. The van der Waals surface area contributed by atoms with Gasteiger partial charge >= 0.3 is 0 Å². The summed E-state index contributed by atoms with van der Waals surface area (Å²) in [4.78, 5) is 8.49. The van der Waals surface area contributed by atoms with Crippen molar-refractivity contribution in [2.24, 2.45) is 28.7 Å². The molecule has 1 saturated carbocycles. The van der Waals surface area contributed by atoms with Crippen LogP contribution in [0.25, 0.3) is 5.70 Å². The third-order valence-electron chi connectivity index (χ3n) is 7.25. The van der Waals surface area contributed by atoms with Gasteiger partial charge < -0.3 is 17.2 Å². The number of fused-ring (bicyclic) bond motifs is 1. The van der Waals surface area contributed by atoms with E-state index in [4.69, 9.17) is 17.2 Å². The van der Waals surface area contributed by atoms with Crippen LogP contribution in [0.4, 0.5) is 14.7 Å². The highest BCUT2D eigenvalue weighted by Gasteiger charge is 2.58. The first-order valence-corrected chi connectivity index (χ1v) is 11.1. The molecule has 4 atom stereocenters. The average molecular weight is 490 g/mol. The van der Waals surface area contributed by atoms with Crippen LogP contribution in [0.15, 0.2) is 46.2 Å². The summed E-state index contributed by atoms with van der Waals surface area (Å²) in [5, 5.41) is 0. The predicted molar refractivity (Wildman–Crippen MR) is 121 cm³/mol. The molecule has 6 N–H and O–H groups in total. The summed E-state index contributed by atoms with van der Waals surface area (Å²) in [6.45, 7) is 4.54. The quantitative estimate of drug-likeness (QED) is 0.571. The van der Waals surface area contributed by atoms with Crippen LogP contribution in [-0.4, -0.2) is 9.97 Å². The van der Waals surface area contributed by atoms with E-state index in [0.717, 1.165) is 28.6 Å². The Morgan fingerprint density at radius 2 is 1.94 bits per heavy atom. The van der Waals surface area contributed by atoms with Crippen LogP contribution in [0.2, 0.25) is 0 Å². The number of anilines is 1. The zero-order chi connectivity index (χ0) is 22.5. The zero-order valence-corrected chi connectivity index (χ0v) is 19.1. The van der Waals surface area contributed by atoms with Crippen LogP contribution < -0.4 is 17.2 Å². The molecule has 2 aliphatic carbocycles. The summed E-state index contributed by atoms with van der Waals surface area (Å²) in [5.74, 6) is -0.395. The Bertz CT molecular complexity index is 1080. The fourth-order valence-electron chi connectivity index (χ4n) is 5.04. The Morgan fingerprint density at radius 3 is 2.61 bits per heavy atom. The second kappa shape index (κ2) is 7.89. The molecule has 0 spiro atoms. The average Bonchev–Trinajstić information content (AvgIpc) is 3.22. The molecule has 2 aliphatic rings. The van der Waals surface area contributed by atoms with Gasteiger partial charge in [-0.25, -0.2) is 18.7 Å². The Morgan fingerprint density at radius 1 is 1.26 bits per heavy atom. The summed E-state index contributed by atoms with van der Waals surface area (Å²) < 4.78 is 29.3. The minimum absolute atomic E-state index is 0.0136. The van der Waals surface area contributed by atoms with E-state index in [2.05, 4.69) is 39.7 Å². The Hall–Kier alpha value is -2.48. The topological polar surface area (TPSA) is 104 Å². The van der Waals surface area contributed by atoms with Crippen molar-refractivity contribution in [3.8, 4) is 0 Å². The van der Waals surface area contributed by atoms with Gasteiger partial charge in [-0.1, -0.05) is 19.9 Å². The molecule has 0 aliphatic heterocycles. The van der Waals surface area contributed by atoms with Gasteiger partial charge in [-0.2, -0.15) is 0 Å². The molecule has 0 saturated heterocycles. The number of halogens is 3. The van der Waals surface area contributed by atoms with E-state index in [0.29, 0.717) is 24.0 Å². The molecule has 5 nitrogen and oxygen atoms in total. The summed E-state index contributed by atoms with van der Waals surface area (Å²) >= 11 is 3.53. The monoisotopic (exact) mass is 489 g/mol. The number of rotatable bonds is 3. The zero-order valence-electron chi connectivity index (χ0n) is 17.5. The molecule has 1 aromatic carbocycles. The van der Waals surface area contributed by atoms with E-state index in [1.807, 2.05) is 0 Å². The molecule has 31 heavy (non-hydrogen) atoms. The molecule has 8 heteroatoms. The van der Waals surface area contributed by atoms with Crippen LogP contribution in [0, 0.1) is 28.9 Å². The molecule has 164 valence electrons. The number of benzene rings is 1. The lowest BCUT2D eigenvalue weighted by Gasteiger charge is -2.26. The number of hydrogen-bond donors (Lipinski definition) is 3. The Balaban J connectivity index is 1.83. The molecular weight excluding hydrogens is 464 g/mol. The Labute approximate surface area is 188 Å². The fraction of sp³-hybridized carbons (Fsp3) is 0.391. The molecular formula is C23H26BrF2N5. The van der Waals surface area contributed by atoms with Gasteiger partial charge in [0.1, 0.15) is 11.6 Å². The van der Waals surface area contributed by atoms with Crippen molar-refractivity contribution in [2.45, 2.75) is 39.0 Å². The van der Waals surface area contributed by atoms with Gasteiger partial charge in [-0.15, -0.1) is 0 Å². The van der Waals surface area contributed by atoms with Gasteiger partial charge in [0.15, 0.2) is 0 Å². The van der Waals surface area contributed by atoms with E-state index in [1.54, 1.807) is 12.3 Å². The second-order valence-electron chi connectivity index (χ2n) is 8.83. The number of nitrogen functional groups attached to an aromatic ring is 1. The van der Waals surface area contributed by atoms with Crippen LogP contribution in [-0.2, 0) is 0 Å². The maximum Gasteiger partial charge on any atom is 0.220 e. The summed E-state index contributed by atoms with van der Waals surface area (Å²) in [6, 6.07) is 3.69. The summed E-state index contributed by atoms with van der Waals surface area (Å²) in [6.07, 6.45) is 5.63. The van der Waals surface area contributed by atoms with Crippen LogP contribution in [0.5, 0.6) is 0 Å². The maximum absolute atomic E-state index is 14.3. The lowest BCUT2D eigenvalue weighted by Crippen LogP contribution is -2.20. The summed E-state index contributed by atoms with van der Waals surface area (Å²) in [5.41, 5.74) is 20.7. The van der Waals surface area contributed by atoms with Crippen molar-refractivity contribution in [2.75, 3.05) is 5.73 Å². The lowest BCUT2D eigenvalue weighted by atomic mass is 9.83. The molecule has 0 radical (unpaired) electrons. The first kappa shape index (κ1) is 21.7. The van der Waals surface area contributed by atoms with Gasteiger partial charge in [0.25, 0.3) is 0 Å². The second-order valence-corrected chi connectivity index (χ2v) is 9.68. The molecule has 1 heterocycles. The highest BCUT2D eigenvalue weighted by molar-refractivity contribution is 9.10. The molecule has 0 amide bonds. The summed E-state index contributed by atoms with van der Waals surface area (Å²) in [7, 11) is 0. The largest absolute Gasteiger partial charge is 0.401 e.